The summed E-state index contributed by atoms with van der Waals surface area (Å²) in [6, 6.07) is 5.26. The summed E-state index contributed by atoms with van der Waals surface area (Å²) in [5, 5.41) is 14.9. The molecule has 1 atom stereocenters. The zero-order valence-corrected chi connectivity index (χ0v) is 15.1. The van der Waals surface area contributed by atoms with Crippen molar-refractivity contribution < 1.29 is 50.9 Å². The van der Waals surface area contributed by atoms with Crippen LogP contribution in [0.2, 0.25) is 5.02 Å². The summed E-state index contributed by atoms with van der Waals surface area (Å²) in [6.45, 7) is 0.438. The zero-order chi connectivity index (χ0) is 23.0. The van der Waals surface area contributed by atoms with Crippen molar-refractivity contribution in [2.24, 2.45) is 5.73 Å². The van der Waals surface area contributed by atoms with E-state index in [4.69, 9.17) is 41.9 Å². The van der Waals surface area contributed by atoms with Crippen LogP contribution in [0, 0.1) is 0 Å². The maximum absolute atomic E-state index is 10.6. The van der Waals surface area contributed by atoms with Crippen LogP contribution in [0.4, 0.5) is 26.3 Å². The van der Waals surface area contributed by atoms with Gasteiger partial charge >= 0.3 is 24.3 Å². The van der Waals surface area contributed by atoms with E-state index >= 15 is 0 Å². The minimum Gasteiger partial charge on any atom is -0.475 e. The molecule has 8 nitrogen and oxygen atoms in total. The van der Waals surface area contributed by atoms with Gasteiger partial charge in [0.05, 0.1) is 23.7 Å². The largest absolute Gasteiger partial charge is 0.490 e. The molecule has 0 saturated heterocycles. The number of aromatic nitrogens is 2. The fourth-order valence-electron chi connectivity index (χ4n) is 1.43. The van der Waals surface area contributed by atoms with Gasteiger partial charge < -0.3 is 25.7 Å². The standard InChI is InChI=1S/C10H12ClN3O.2C2HF3O2/c1-15-5-7(12)10-13-8-3-2-6(11)4-9(8)14-10;2*3-2(4,5)1(6)7/h2-4,7H,5,12H2,1H3,(H,13,14);2*(H,6,7)/t7-;;/m1../s1. The number of hydrogen-bond acceptors (Lipinski definition) is 5. The summed E-state index contributed by atoms with van der Waals surface area (Å²) < 4.78 is 68.4. The number of nitrogens with two attached hydrogens (primary N) is 1. The number of aromatic amines is 1. The van der Waals surface area contributed by atoms with Gasteiger partial charge in [-0.1, -0.05) is 11.6 Å². The van der Waals surface area contributed by atoms with Crippen LogP contribution in [0.5, 0.6) is 0 Å². The lowest BCUT2D eigenvalue weighted by Crippen LogP contribution is -2.21. The molecule has 1 aromatic heterocycles. The lowest BCUT2D eigenvalue weighted by Gasteiger charge is -2.05. The van der Waals surface area contributed by atoms with Crippen molar-refractivity contribution in [3.63, 3.8) is 0 Å². The number of alkyl halides is 6. The topological polar surface area (TPSA) is 139 Å². The highest BCUT2D eigenvalue weighted by atomic mass is 35.5. The Labute approximate surface area is 163 Å². The van der Waals surface area contributed by atoms with Gasteiger partial charge in [-0.05, 0) is 18.2 Å². The molecular weight excluding hydrogens is 440 g/mol. The van der Waals surface area contributed by atoms with Gasteiger partial charge in [-0.2, -0.15) is 26.3 Å². The lowest BCUT2D eigenvalue weighted by atomic mass is 10.3. The van der Waals surface area contributed by atoms with Gasteiger partial charge in [-0.25, -0.2) is 14.6 Å². The smallest absolute Gasteiger partial charge is 0.475 e. The predicted molar refractivity (Wildman–Crippen MR) is 87.3 cm³/mol. The number of aliphatic carboxylic acids is 2. The summed E-state index contributed by atoms with van der Waals surface area (Å²) in [4.78, 5) is 25.3. The molecule has 164 valence electrons. The maximum atomic E-state index is 10.6. The summed E-state index contributed by atoms with van der Waals surface area (Å²) in [6.07, 6.45) is -10.2. The molecule has 0 aliphatic heterocycles. The third kappa shape index (κ3) is 9.96. The molecule has 0 unspecified atom stereocenters. The number of carboxylic acid groups (broad SMARTS) is 2. The molecule has 2 rings (SSSR count). The van der Waals surface area contributed by atoms with Crippen molar-refractivity contribution in [1.29, 1.82) is 0 Å². The first-order valence-electron chi connectivity index (χ1n) is 7.09. The summed E-state index contributed by atoms with van der Waals surface area (Å²) in [5.41, 5.74) is 7.61. The van der Waals surface area contributed by atoms with E-state index in [1.807, 2.05) is 12.1 Å². The molecule has 5 N–H and O–H groups in total. The Kier molecular flexibility index (Phi) is 9.86. The van der Waals surface area contributed by atoms with Gasteiger partial charge in [0.25, 0.3) is 0 Å². The molecule has 0 aliphatic rings. The highest BCUT2D eigenvalue weighted by Gasteiger charge is 2.38. The number of halogens is 7. The Morgan fingerprint density at radius 2 is 1.62 bits per heavy atom. The molecule has 0 bridgehead atoms. The number of nitrogens with zero attached hydrogens (tertiary/aromatic N) is 1. The first-order chi connectivity index (χ1) is 13.1. The number of fused-ring (bicyclic) bond motifs is 1. The van der Waals surface area contributed by atoms with Crippen molar-refractivity contribution in [2.75, 3.05) is 13.7 Å². The molecule has 15 heteroatoms. The second-order valence-electron chi connectivity index (χ2n) is 4.95. The van der Waals surface area contributed by atoms with Crippen molar-refractivity contribution in [2.45, 2.75) is 18.4 Å². The number of rotatable bonds is 3. The Morgan fingerprint density at radius 3 is 2.00 bits per heavy atom. The third-order valence-electron chi connectivity index (χ3n) is 2.65. The van der Waals surface area contributed by atoms with E-state index in [9.17, 15) is 26.3 Å². The third-order valence-corrected chi connectivity index (χ3v) is 2.88. The van der Waals surface area contributed by atoms with Crippen LogP contribution in [0.1, 0.15) is 11.9 Å². The average Bonchev–Trinajstić information content (AvgIpc) is 2.97. The van der Waals surface area contributed by atoms with Crippen LogP contribution in [-0.4, -0.2) is 58.2 Å². The minimum absolute atomic E-state index is 0.235. The number of imidazole rings is 1. The molecule has 29 heavy (non-hydrogen) atoms. The Bertz CT molecular complexity index is 800. The second-order valence-corrected chi connectivity index (χ2v) is 5.39. The van der Waals surface area contributed by atoms with E-state index in [0.717, 1.165) is 11.0 Å². The normalized spacial score (nSPS) is 12.3. The molecule has 0 spiro atoms. The average molecular weight is 454 g/mol. The number of carbonyl (C=O) groups is 2. The zero-order valence-electron chi connectivity index (χ0n) is 14.3. The van der Waals surface area contributed by atoms with Crippen LogP contribution in [0.3, 0.4) is 0 Å². The van der Waals surface area contributed by atoms with Crippen LogP contribution < -0.4 is 5.73 Å². The number of nitrogens with one attached hydrogen (secondary N) is 1. The van der Waals surface area contributed by atoms with Crippen LogP contribution in [0.15, 0.2) is 18.2 Å². The second kappa shape index (κ2) is 10.8. The number of hydrogen-bond donors (Lipinski definition) is 4. The number of methoxy groups -OCH3 is 1. The monoisotopic (exact) mass is 453 g/mol. The predicted octanol–water partition coefficient (Wildman–Crippen LogP) is 3.13. The van der Waals surface area contributed by atoms with E-state index in [-0.39, 0.29) is 6.04 Å². The fraction of sp³-hybridized carbons (Fsp3) is 0.357. The molecule has 1 aromatic carbocycles. The highest BCUT2D eigenvalue weighted by molar-refractivity contribution is 6.31. The van der Waals surface area contributed by atoms with Crippen LogP contribution >= 0.6 is 11.6 Å². The van der Waals surface area contributed by atoms with E-state index in [1.165, 1.54) is 0 Å². The SMILES string of the molecule is COC[C@@H](N)c1nc2cc(Cl)ccc2[nH]1.O=C(O)C(F)(F)F.O=C(O)C(F)(F)F. The van der Waals surface area contributed by atoms with Gasteiger partial charge in [-0.3, -0.25) is 0 Å². The summed E-state index contributed by atoms with van der Waals surface area (Å²) in [7, 11) is 1.61. The van der Waals surface area contributed by atoms with E-state index in [1.54, 1.807) is 13.2 Å². The molecule has 2 aromatic rings. The first kappa shape index (κ1) is 26.4. The van der Waals surface area contributed by atoms with Crippen molar-refractivity contribution in [3.8, 4) is 0 Å². The quantitative estimate of drug-likeness (QED) is 0.524. The number of H-pyrrole nitrogens is 1. The van der Waals surface area contributed by atoms with Gasteiger partial charge in [0.15, 0.2) is 0 Å². The summed E-state index contributed by atoms with van der Waals surface area (Å²) >= 11 is 5.86. The molecule has 0 radical (unpaired) electrons. The molecule has 1 heterocycles. The Balaban J connectivity index is 0.000000473. The van der Waals surface area contributed by atoms with E-state index in [0.29, 0.717) is 17.5 Å². The number of ether oxygens (including phenoxy) is 1. The maximum Gasteiger partial charge on any atom is 0.490 e. The molecule has 0 fully saturated rings. The van der Waals surface area contributed by atoms with E-state index in [2.05, 4.69) is 9.97 Å². The molecular formula is C14H14ClF6N3O5. The first-order valence-corrected chi connectivity index (χ1v) is 7.47. The number of carboxylic acids is 2. The van der Waals surface area contributed by atoms with Crippen molar-refractivity contribution in [1.82, 2.24) is 9.97 Å². The van der Waals surface area contributed by atoms with E-state index < -0.39 is 24.3 Å². The fourth-order valence-corrected chi connectivity index (χ4v) is 1.60. The lowest BCUT2D eigenvalue weighted by molar-refractivity contribution is -0.193. The van der Waals surface area contributed by atoms with Crippen LogP contribution in [-0.2, 0) is 14.3 Å². The van der Waals surface area contributed by atoms with Gasteiger partial charge in [0.2, 0.25) is 0 Å². The molecule has 0 aliphatic carbocycles. The Hall–Kier alpha value is -2.58. The Morgan fingerprint density at radius 1 is 1.17 bits per heavy atom. The highest BCUT2D eigenvalue weighted by Crippen LogP contribution is 2.19. The summed E-state index contributed by atoms with van der Waals surface area (Å²) in [5.74, 6) is -4.80. The number of benzene rings is 1. The van der Waals surface area contributed by atoms with Gasteiger partial charge in [-0.15, -0.1) is 0 Å². The van der Waals surface area contributed by atoms with Crippen molar-refractivity contribution in [3.05, 3.63) is 29.0 Å². The molecule has 0 amide bonds. The van der Waals surface area contributed by atoms with Crippen LogP contribution in [0.25, 0.3) is 11.0 Å². The van der Waals surface area contributed by atoms with Gasteiger partial charge in [0, 0.05) is 12.1 Å². The van der Waals surface area contributed by atoms with Gasteiger partial charge in [0.1, 0.15) is 5.82 Å². The minimum atomic E-state index is -5.08. The molecule has 0 saturated carbocycles. The van der Waals surface area contributed by atoms with Crippen molar-refractivity contribution >= 4 is 34.6 Å².